The van der Waals surface area contributed by atoms with Gasteiger partial charge in [-0.25, -0.2) is 0 Å². The predicted molar refractivity (Wildman–Crippen MR) is 171 cm³/mol. The van der Waals surface area contributed by atoms with Crippen molar-refractivity contribution in [3.8, 4) is 0 Å². The number of carbonyl (C=O) groups excluding carboxylic acids is 2. The Morgan fingerprint density at radius 3 is 2.05 bits per heavy atom. The molecule has 0 unspecified atom stereocenters. The zero-order valence-corrected chi connectivity index (χ0v) is 25.2. The van der Waals surface area contributed by atoms with Crippen molar-refractivity contribution >= 4 is 35.0 Å². The summed E-state index contributed by atoms with van der Waals surface area (Å²) in [6.45, 7) is 0.385. The first-order valence-corrected chi connectivity index (χ1v) is 15.6. The fourth-order valence-electron chi connectivity index (χ4n) is 6.76. The lowest BCUT2D eigenvalue weighted by Gasteiger charge is -2.47. The third-order valence-corrected chi connectivity index (χ3v) is 9.45. The summed E-state index contributed by atoms with van der Waals surface area (Å²) in [5.41, 5.74) is 4.10. The van der Waals surface area contributed by atoms with Gasteiger partial charge < -0.3 is 15.3 Å². The van der Waals surface area contributed by atoms with Gasteiger partial charge in [-0.2, -0.15) is 0 Å². The minimum absolute atomic E-state index is 0.0553. The molecule has 2 aliphatic rings. The quantitative estimate of drug-likeness (QED) is 0.227. The number of hydrogen-bond acceptors (Lipinski definition) is 3. The molecule has 7 heteroatoms. The topological polar surface area (TPSA) is 69.6 Å². The fraction of sp³-hybridized carbons (Fsp3) is 0.278. The minimum atomic E-state index is -0.702. The molecule has 1 aliphatic heterocycles. The van der Waals surface area contributed by atoms with Gasteiger partial charge in [-0.1, -0.05) is 108 Å². The molecule has 0 saturated heterocycles. The first-order chi connectivity index (χ1) is 20.9. The van der Waals surface area contributed by atoms with E-state index in [1.807, 2.05) is 65.6 Å². The maximum Gasteiger partial charge on any atom is 0.254 e. The maximum absolute atomic E-state index is 14.5. The zero-order chi connectivity index (χ0) is 29.9. The van der Waals surface area contributed by atoms with Crippen LogP contribution in [0.1, 0.15) is 76.2 Å². The summed E-state index contributed by atoms with van der Waals surface area (Å²) in [4.78, 5) is 30.6. The molecule has 1 saturated carbocycles. The highest BCUT2D eigenvalue weighted by Gasteiger charge is 2.47. The van der Waals surface area contributed by atoms with Crippen LogP contribution in [-0.2, 0) is 4.79 Å². The molecule has 4 aromatic rings. The summed E-state index contributed by atoms with van der Waals surface area (Å²) in [6.07, 6.45) is 2.12. The summed E-state index contributed by atoms with van der Waals surface area (Å²) in [5, 5.41) is 14.4. The van der Waals surface area contributed by atoms with Crippen LogP contribution in [-0.4, -0.2) is 40.5 Å². The maximum atomic E-state index is 14.5. The van der Waals surface area contributed by atoms with Crippen molar-refractivity contribution in [1.82, 2.24) is 10.2 Å². The number of nitrogens with zero attached hydrogens (tertiary/aromatic N) is 1. The highest BCUT2D eigenvalue weighted by molar-refractivity contribution is 6.35. The Bertz CT molecular complexity index is 1550. The summed E-state index contributed by atoms with van der Waals surface area (Å²) < 4.78 is 0. The molecular weight excluding hydrogens is 579 g/mol. The normalized spacial score (nSPS) is 21.9. The second-order valence-electron chi connectivity index (χ2n) is 11.5. The Kier molecular flexibility index (Phi) is 8.85. The number of aliphatic hydroxyl groups is 1. The lowest BCUT2D eigenvalue weighted by atomic mass is 9.77. The van der Waals surface area contributed by atoms with Gasteiger partial charge in [-0.05, 0) is 66.1 Å². The van der Waals surface area contributed by atoms with E-state index in [0.717, 1.165) is 11.1 Å². The van der Waals surface area contributed by atoms with Crippen LogP contribution >= 0.6 is 23.2 Å². The van der Waals surface area contributed by atoms with Crippen LogP contribution in [0.25, 0.3) is 0 Å². The van der Waals surface area contributed by atoms with Crippen molar-refractivity contribution in [3.63, 3.8) is 0 Å². The Morgan fingerprint density at radius 2 is 1.42 bits per heavy atom. The molecule has 4 aromatic carbocycles. The van der Waals surface area contributed by atoms with Gasteiger partial charge in [0.2, 0.25) is 5.91 Å². The third-order valence-electron chi connectivity index (χ3n) is 8.88. The molecule has 0 radical (unpaired) electrons. The van der Waals surface area contributed by atoms with E-state index >= 15 is 0 Å². The number of aliphatic hydroxyl groups excluding tert-OH is 1. The average molecular weight is 614 g/mol. The van der Waals surface area contributed by atoms with Crippen LogP contribution in [0, 0.1) is 0 Å². The molecule has 2 amide bonds. The Labute approximate surface area is 262 Å². The van der Waals surface area contributed by atoms with Crippen LogP contribution in [0.2, 0.25) is 10.0 Å². The molecule has 2 N–H and O–H groups in total. The second kappa shape index (κ2) is 12.9. The van der Waals surface area contributed by atoms with E-state index in [1.165, 1.54) is 0 Å². The third kappa shape index (κ3) is 6.08. The van der Waals surface area contributed by atoms with Crippen LogP contribution in [0.4, 0.5) is 0 Å². The van der Waals surface area contributed by atoms with Gasteiger partial charge in [-0.15, -0.1) is 0 Å². The molecule has 1 heterocycles. The molecular formula is C36H34Cl2N2O3. The summed E-state index contributed by atoms with van der Waals surface area (Å²) in [5.74, 6) is -1.05. The SMILES string of the molecule is O=C(NCC(c1ccccc1)c1ccccc1)[C@@H]1c2ccccc2C(=O)N(C2CCC(O)CC2)[C@H]1c1ccc(Cl)cc1Cl. The van der Waals surface area contributed by atoms with Gasteiger partial charge >= 0.3 is 0 Å². The van der Waals surface area contributed by atoms with Gasteiger partial charge in [0.1, 0.15) is 0 Å². The number of hydrogen-bond donors (Lipinski definition) is 2. The minimum Gasteiger partial charge on any atom is -0.393 e. The van der Waals surface area contributed by atoms with Crippen molar-refractivity contribution in [2.45, 2.75) is 55.7 Å². The second-order valence-corrected chi connectivity index (χ2v) is 12.3. The van der Waals surface area contributed by atoms with Crippen LogP contribution in [0.15, 0.2) is 103 Å². The van der Waals surface area contributed by atoms with Crippen molar-refractivity contribution in [3.05, 3.63) is 141 Å². The van der Waals surface area contributed by atoms with E-state index in [-0.39, 0.29) is 29.9 Å². The number of nitrogens with one attached hydrogen (secondary N) is 1. The van der Waals surface area contributed by atoms with Crippen LogP contribution in [0.5, 0.6) is 0 Å². The number of fused-ring (bicyclic) bond motifs is 1. The molecule has 2 atom stereocenters. The zero-order valence-electron chi connectivity index (χ0n) is 23.7. The Hall–Kier alpha value is -3.64. The molecule has 220 valence electrons. The van der Waals surface area contributed by atoms with Crippen molar-refractivity contribution in [2.75, 3.05) is 6.54 Å². The molecule has 6 rings (SSSR count). The molecule has 0 aromatic heterocycles. The highest BCUT2D eigenvalue weighted by Crippen LogP contribution is 2.47. The molecule has 0 bridgehead atoms. The van der Waals surface area contributed by atoms with E-state index in [9.17, 15) is 14.7 Å². The van der Waals surface area contributed by atoms with Gasteiger partial charge in [0.05, 0.1) is 18.1 Å². The first-order valence-electron chi connectivity index (χ1n) is 14.8. The number of amides is 2. The number of benzene rings is 4. The van der Waals surface area contributed by atoms with Crippen molar-refractivity contribution in [2.24, 2.45) is 0 Å². The summed E-state index contributed by atoms with van der Waals surface area (Å²) in [6, 6.07) is 32.2. The molecule has 43 heavy (non-hydrogen) atoms. The van der Waals surface area contributed by atoms with E-state index in [1.54, 1.807) is 18.2 Å². The van der Waals surface area contributed by atoms with E-state index in [0.29, 0.717) is 59.0 Å². The molecule has 1 fully saturated rings. The van der Waals surface area contributed by atoms with Gasteiger partial charge in [0, 0.05) is 34.1 Å². The molecule has 1 aliphatic carbocycles. The van der Waals surface area contributed by atoms with Gasteiger partial charge in [0.15, 0.2) is 0 Å². The number of carbonyl (C=O) groups is 2. The van der Waals surface area contributed by atoms with Gasteiger partial charge in [-0.3, -0.25) is 9.59 Å². The summed E-state index contributed by atoms with van der Waals surface area (Å²) >= 11 is 13.1. The summed E-state index contributed by atoms with van der Waals surface area (Å²) in [7, 11) is 0. The lowest BCUT2D eigenvalue weighted by molar-refractivity contribution is -0.124. The number of halogens is 2. The van der Waals surface area contributed by atoms with Crippen molar-refractivity contribution in [1.29, 1.82) is 0 Å². The highest BCUT2D eigenvalue weighted by atomic mass is 35.5. The standard InChI is InChI=1S/C36H34Cl2N2O3/c37-25-15-20-30(32(38)21-25)34-33(28-13-7-8-14-29(28)36(43)40(34)26-16-18-27(41)19-17-26)35(42)39-22-31(23-9-3-1-4-10-23)24-11-5-2-6-12-24/h1-15,20-21,26-27,31,33-34,41H,16-19,22H2,(H,39,42)/t26?,27?,33-,34+/m1/s1. The molecule has 0 spiro atoms. The lowest BCUT2D eigenvalue weighted by Crippen LogP contribution is -2.52. The largest absolute Gasteiger partial charge is 0.393 e. The monoisotopic (exact) mass is 612 g/mol. The van der Waals surface area contributed by atoms with E-state index in [4.69, 9.17) is 23.2 Å². The first kappa shape index (κ1) is 29.4. The fourth-order valence-corrected chi connectivity index (χ4v) is 7.28. The smallest absolute Gasteiger partial charge is 0.254 e. The van der Waals surface area contributed by atoms with Crippen LogP contribution in [0.3, 0.4) is 0 Å². The van der Waals surface area contributed by atoms with E-state index < -0.39 is 12.0 Å². The Morgan fingerprint density at radius 1 is 0.814 bits per heavy atom. The van der Waals surface area contributed by atoms with E-state index in [2.05, 4.69) is 29.6 Å². The number of rotatable bonds is 7. The Balaban J connectivity index is 1.41. The van der Waals surface area contributed by atoms with Gasteiger partial charge in [0.25, 0.3) is 5.91 Å². The van der Waals surface area contributed by atoms with Crippen LogP contribution < -0.4 is 5.32 Å². The van der Waals surface area contributed by atoms with Crippen molar-refractivity contribution < 1.29 is 14.7 Å². The molecule has 5 nitrogen and oxygen atoms in total. The predicted octanol–water partition coefficient (Wildman–Crippen LogP) is 7.53. The average Bonchev–Trinajstić information content (AvgIpc) is 3.03.